The van der Waals surface area contributed by atoms with Crippen LogP contribution >= 0.6 is 11.8 Å². The van der Waals surface area contributed by atoms with E-state index in [1.54, 1.807) is 0 Å². The first-order valence-corrected chi connectivity index (χ1v) is 11.5. The molecule has 0 saturated carbocycles. The minimum atomic E-state index is 0.225. The molecule has 3 saturated heterocycles. The Hall–Kier alpha value is -1.41. The van der Waals surface area contributed by atoms with E-state index in [1.807, 2.05) is 11.8 Å². The van der Waals surface area contributed by atoms with Gasteiger partial charge in [-0.3, -0.25) is 4.90 Å². The van der Waals surface area contributed by atoms with Gasteiger partial charge in [0.1, 0.15) is 18.0 Å². The predicted octanol–water partition coefficient (Wildman–Crippen LogP) is 2.18. The lowest BCUT2D eigenvalue weighted by atomic mass is 9.99. The number of hydrogen-bond donors (Lipinski definition) is 1. The highest BCUT2D eigenvalue weighted by Crippen LogP contribution is 2.23. The van der Waals surface area contributed by atoms with Crippen molar-refractivity contribution in [2.75, 3.05) is 57.4 Å². The molecular formula is C20H32N6S. The van der Waals surface area contributed by atoms with Crippen molar-refractivity contribution in [1.29, 1.82) is 10.5 Å². The lowest BCUT2D eigenvalue weighted by Crippen LogP contribution is -2.48. The number of nitrogens with one attached hydrogen (secondary N) is 1. The fourth-order valence-electron chi connectivity index (χ4n) is 4.36. The number of hydrogen-bond acceptors (Lipinski definition) is 7. The van der Waals surface area contributed by atoms with Crippen LogP contribution in [-0.4, -0.2) is 78.2 Å². The maximum Gasteiger partial charge on any atom is 0.169 e. The van der Waals surface area contributed by atoms with E-state index in [2.05, 4.69) is 32.2 Å². The Morgan fingerprint density at radius 1 is 1.00 bits per heavy atom. The molecule has 0 aliphatic carbocycles. The molecular weight excluding hydrogens is 356 g/mol. The van der Waals surface area contributed by atoms with Crippen LogP contribution in [0.2, 0.25) is 0 Å². The molecule has 0 atom stereocenters. The summed E-state index contributed by atoms with van der Waals surface area (Å²) < 4.78 is 0. The van der Waals surface area contributed by atoms with E-state index in [0.29, 0.717) is 6.04 Å². The summed E-state index contributed by atoms with van der Waals surface area (Å²) in [5.74, 6) is 3.12. The summed E-state index contributed by atoms with van der Waals surface area (Å²) in [7, 11) is 0. The summed E-state index contributed by atoms with van der Waals surface area (Å²) >= 11 is 1.99. The Balaban J connectivity index is 1.50. The number of rotatable bonds is 7. The second-order valence-electron chi connectivity index (χ2n) is 7.70. The van der Waals surface area contributed by atoms with Gasteiger partial charge in [-0.25, -0.2) is 0 Å². The standard InChI is InChI=1S/C20H32N6S/c21-15-18(16-22)20(23-7-4-8-24-13-14-27-17-24)26-11-5-19(6-12-26)25-9-2-1-3-10-25/h19,23H,1-14,17H2. The molecule has 27 heavy (non-hydrogen) atoms. The van der Waals surface area contributed by atoms with Crippen LogP contribution in [0.25, 0.3) is 0 Å². The molecule has 0 radical (unpaired) electrons. The summed E-state index contributed by atoms with van der Waals surface area (Å²) in [6.45, 7) is 7.41. The summed E-state index contributed by atoms with van der Waals surface area (Å²) in [6.07, 6.45) is 7.32. The van der Waals surface area contributed by atoms with Crippen molar-refractivity contribution in [2.45, 2.75) is 44.6 Å². The highest BCUT2D eigenvalue weighted by Gasteiger charge is 2.27. The van der Waals surface area contributed by atoms with Crippen LogP contribution in [0.5, 0.6) is 0 Å². The maximum absolute atomic E-state index is 9.40. The van der Waals surface area contributed by atoms with E-state index < -0.39 is 0 Å². The van der Waals surface area contributed by atoms with Gasteiger partial charge in [0.05, 0.1) is 0 Å². The van der Waals surface area contributed by atoms with Gasteiger partial charge in [0.15, 0.2) is 5.57 Å². The van der Waals surface area contributed by atoms with Crippen LogP contribution in [0.15, 0.2) is 11.4 Å². The molecule has 0 amide bonds. The number of nitriles is 2. The second-order valence-corrected chi connectivity index (χ2v) is 8.77. The zero-order valence-electron chi connectivity index (χ0n) is 16.3. The quantitative estimate of drug-likeness (QED) is 0.529. The van der Waals surface area contributed by atoms with Crippen LogP contribution < -0.4 is 5.32 Å². The normalized spacial score (nSPS) is 22.2. The van der Waals surface area contributed by atoms with E-state index >= 15 is 0 Å². The molecule has 3 heterocycles. The second kappa shape index (κ2) is 10.8. The van der Waals surface area contributed by atoms with Gasteiger partial charge in [-0.2, -0.15) is 10.5 Å². The Morgan fingerprint density at radius 2 is 1.74 bits per heavy atom. The molecule has 0 unspecified atom stereocenters. The van der Waals surface area contributed by atoms with Crippen LogP contribution in [0.1, 0.15) is 38.5 Å². The average Bonchev–Trinajstić information content (AvgIpc) is 3.25. The molecule has 3 aliphatic heterocycles. The van der Waals surface area contributed by atoms with E-state index in [-0.39, 0.29) is 5.57 Å². The summed E-state index contributed by atoms with van der Waals surface area (Å²) in [5, 5.41) is 22.2. The number of piperidine rings is 2. The van der Waals surface area contributed by atoms with Gasteiger partial charge in [0, 0.05) is 50.4 Å². The van der Waals surface area contributed by atoms with Crippen LogP contribution in [0.4, 0.5) is 0 Å². The third kappa shape index (κ3) is 5.78. The minimum absolute atomic E-state index is 0.225. The zero-order chi connectivity index (χ0) is 18.9. The molecule has 6 nitrogen and oxygen atoms in total. The Bertz CT molecular complexity index is 556. The topological polar surface area (TPSA) is 69.3 Å². The van der Waals surface area contributed by atoms with Crippen LogP contribution in [-0.2, 0) is 0 Å². The van der Waals surface area contributed by atoms with Gasteiger partial charge in [-0.15, -0.1) is 11.8 Å². The highest BCUT2D eigenvalue weighted by atomic mass is 32.2. The van der Waals surface area contributed by atoms with Crippen molar-refractivity contribution in [3.63, 3.8) is 0 Å². The van der Waals surface area contributed by atoms with Gasteiger partial charge in [-0.1, -0.05) is 6.42 Å². The third-order valence-electron chi connectivity index (χ3n) is 5.92. The third-order valence-corrected chi connectivity index (χ3v) is 6.94. The molecule has 1 N–H and O–H groups in total. The fourth-order valence-corrected chi connectivity index (χ4v) is 5.40. The predicted molar refractivity (Wildman–Crippen MR) is 110 cm³/mol. The maximum atomic E-state index is 9.40. The van der Waals surface area contributed by atoms with E-state index in [0.717, 1.165) is 57.1 Å². The summed E-state index contributed by atoms with van der Waals surface area (Å²) in [4.78, 5) is 7.35. The monoisotopic (exact) mass is 388 g/mol. The first-order chi connectivity index (χ1) is 13.3. The highest BCUT2D eigenvalue weighted by molar-refractivity contribution is 7.99. The van der Waals surface area contributed by atoms with Crippen molar-refractivity contribution in [3.8, 4) is 12.1 Å². The number of thioether (sulfide) groups is 1. The number of allylic oxidation sites excluding steroid dienone is 1. The molecule has 7 heteroatoms. The Kier molecular flexibility index (Phi) is 8.13. The minimum Gasteiger partial charge on any atom is -0.370 e. The Labute approximate surface area is 168 Å². The number of likely N-dealkylation sites (tertiary alicyclic amines) is 2. The SMILES string of the molecule is N#CC(C#N)=C(NCCCN1CCSC1)N1CCC(N2CCCCC2)CC1. The largest absolute Gasteiger partial charge is 0.370 e. The van der Waals surface area contributed by atoms with Crippen molar-refractivity contribution in [2.24, 2.45) is 0 Å². The van der Waals surface area contributed by atoms with Crippen LogP contribution in [0.3, 0.4) is 0 Å². The molecule has 3 aliphatic rings. The van der Waals surface area contributed by atoms with Gasteiger partial charge in [-0.05, 0) is 45.2 Å². The molecule has 0 bridgehead atoms. The molecule has 0 aromatic rings. The van der Waals surface area contributed by atoms with Crippen molar-refractivity contribution in [3.05, 3.63) is 11.4 Å². The smallest absolute Gasteiger partial charge is 0.169 e. The van der Waals surface area contributed by atoms with Gasteiger partial charge in [0.25, 0.3) is 0 Å². The first kappa shape index (κ1) is 20.3. The van der Waals surface area contributed by atoms with Gasteiger partial charge in [0.2, 0.25) is 0 Å². The van der Waals surface area contributed by atoms with E-state index in [4.69, 9.17) is 0 Å². The zero-order valence-corrected chi connectivity index (χ0v) is 17.1. The summed E-state index contributed by atoms with van der Waals surface area (Å²) in [6, 6.07) is 4.86. The van der Waals surface area contributed by atoms with E-state index in [9.17, 15) is 10.5 Å². The average molecular weight is 389 g/mol. The molecule has 148 valence electrons. The molecule has 0 spiro atoms. The molecule has 3 fully saturated rings. The fraction of sp³-hybridized carbons (Fsp3) is 0.800. The molecule has 0 aromatic heterocycles. The van der Waals surface area contributed by atoms with Gasteiger partial charge >= 0.3 is 0 Å². The Morgan fingerprint density at radius 3 is 2.37 bits per heavy atom. The lowest BCUT2D eigenvalue weighted by molar-refractivity contribution is 0.102. The van der Waals surface area contributed by atoms with Crippen LogP contribution in [0, 0.1) is 22.7 Å². The lowest BCUT2D eigenvalue weighted by Gasteiger charge is -2.41. The molecule has 3 rings (SSSR count). The van der Waals surface area contributed by atoms with Crippen molar-refractivity contribution in [1.82, 2.24) is 20.0 Å². The van der Waals surface area contributed by atoms with E-state index in [1.165, 1.54) is 44.6 Å². The van der Waals surface area contributed by atoms with Crippen molar-refractivity contribution < 1.29 is 0 Å². The first-order valence-electron chi connectivity index (χ1n) is 10.4. The van der Waals surface area contributed by atoms with Gasteiger partial charge < -0.3 is 15.1 Å². The number of nitrogens with zero attached hydrogens (tertiary/aromatic N) is 5. The molecule has 0 aromatic carbocycles. The summed E-state index contributed by atoms with van der Waals surface area (Å²) in [5.41, 5.74) is 0.225. The van der Waals surface area contributed by atoms with Crippen molar-refractivity contribution >= 4 is 11.8 Å².